The molecule has 3 aromatic carbocycles. The molecule has 3 rings (SSSR count). The third-order valence-electron chi connectivity index (χ3n) is 4.19. The average molecular weight is 359 g/mol. The summed E-state index contributed by atoms with van der Waals surface area (Å²) in [6.07, 6.45) is 0.103. The first kappa shape index (κ1) is 18.4. The van der Waals surface area contributed by atoms with Crippen molar-refractivity contribution in [1.82, 2.24) is 0 Å². The van der Waals surface area contributed by atoms with Gasteiger partial charge < -0.3 is 9.64 Å². The predicted octanol–water partition coefficient (Wildman–Crippen LogP) is 4.50. The van der Waals surface area contributed by atoms with E-state index in [1.165, 1.54) is 0 Å². The summed E-state index contributed by atoms with van der Waals surface area (Å²) < 4.78 is 5.81. The third-order valence-corrected chi connectivity index (χ3v) is 4.19. The Labute approximate surface area is 159 Å². The summed E-state index contributed by atoms with van der Waals surface area (Å²) in [5, 5.41) is 0. The van der Waals surface area contributed by atoms with Crippen molar-refractivity contribution in [2.75, 3.05) is 4.90 Å². The number of nitrogens with zero attached hydrogens (tertiary/aromatic N) is 1. The van der Waals surface area contributed by atoms with Crippen LogP contribution in [-0.4, -0.2) is 18.3 Å². The van der Waals surface area contributed by atoms with E-state index in [-0.39, 0.29) is 5.91 Å². The highest BCUT2D eigenvalue weighted by Gasteiger charge is 2.23. The molecular formula is C23H21NO3. The van der Waals surface area contributed by atoms with Crippen LogP contribution >= 0.6 is 0 Å². The Morgan fingerprint density at radius 1 is 0.926 bits per heavy atom. The number of hydrogen-bond donors (Lipinski definition) is 0. The smallest absolute Gasteiger partial charge is 0.268 e. The molecule has 0 N–H and O–H groups in total. The van der Waals surface area contributed by atoms with Gasteiger partial charge in [-0.3, -0.25) is 9.59 Å². The highest BCUT2D eigenvalue weighted by atomic mass is 16.5. The van der Waals surface area contributed by atoms with Gasteiger partial charge in [0, 0.05) is 11.3 Å². The molecule has 0 aliphatic heterocycles. The van der Waals surface area contributed by atoms with Gasteiger partial charge >= 0.3 is 0 Å². The van der Waals surface area contributed by atoms with E-state index in [4.69, 9.17) is 4.74 Å². The van der Waals surface area contributed by atoms with Crippen LogP contribution in [-0.2, 0) is 11.3 Å². The fourth-order valence-electron chi connectivity index (χ4n) is 2.77. The molecule has 0 aliphatic rings. The number of para-hydroxylation sites is 1. The molecular weight excluding hydrogens is 338 g/mol. The van der Waals surface area contributed by atoms with Crippen molar-refractivity contribution in [3.05, 3.63) is 96.1 Å². The van der Waals surface area contributed by atoms with Gasteiger partial charge in [0.1, 0.15) is 12.0 Å². The van der Waals surface area contributed by atoms with E-state index in [1.54, 1.807) is 36.1 Å². The number of benzene rings is 3. The quantitative estimate of drug-likeness (QED) is 0.584. The molecule has 0 saturated heterocycles. The van der Waals surface area contributed by atoms with Crippen molar-refractivity contribution in [1.29, 1.82) is 0 Å². The standard InChI is InChI=1S/C23H21NO3/c1-18(27-22-14-12-20(17-25)13-15-22)23(26)24(21-10-6-3-7-11-21)16-19-8-4-2-5-9-19/h2-15,17-18H,16H2,1H3. The van der Waals surface area contributed by atoms with Crippen molar-refractivity contribution in [3.8, 4) is 5.75 Å². The zero-order chi connectivity index (χ0) is 19.1. The second-order valence-corrected chi connectivity index (χ2v) is 6.19. The molecule has 1 atom stereocenters. The molecule has 0 aromatic heterocycles. The van der Waals surface area contributed by atoms with E-state index in [0.29, 0.717) is 17.9 Å². The van der Waals surface area contributed by atoms with Crippen molar-refractivity contribution < 1.29 is 14.3 Å². The maximum atomic E-state index is 13.1. The van der Waals surface area contributed by atoms with E-state index in [2.05, 4.69) is 0 Å². The van der Waals surface area contributed by atoms with Crippen LogP contribution in [0.2, 0.25) is 0 Å². The Morgan fingerprint density at radius 3 is 2.11 bits per heavy atom. The Balaban J connectivity index is 1.79. The number of ether oxygens (including phenoxy) is 1. The minimum absolute atomic E-state index is 0.135. The largest absolute Gasteiger partial charge is 0.481 e. The summed E-state index contributed by atoms with van der Waals surface area (Å²) in [5.41, 5.74) is 2.42. The number of rotatable bonds is 7. The molecule has 3 aromatic rings. The van der Waals surface area contributed by atoms with Crippen LogP contribution in [0.3, 0.4) is 0 Å². The van der Waals surface area contributed by atoms with Crippen LogP contribution in [0.25, 0.3) is 0 Å². The molecule has 27 heavy (non-hydrogen) atoms. The third kappa shape index (κ3) is 4.82. The molecule has 0 radical (unpaired) electrons. The van der Waals surface area contributed by atoms with Crippen molar-refractivity contribution in [3.63, 3.8) is 0 Å². The highest BCUT2D eigenvalue weighted by Crippen LogP contribution is 2.20. The van der Waals surface area contributed by atoms with Gasteiger partial charge in [0.25, 0.3) is 5.91 Å². The van der Waals surface area contributed by atoms with Crippen LogP contribution in [0.5, 0.6) is 5.75 Å². The Morgan fingerprint density at radius 2 is 1.52 bits per heavy atom. The Hall–Kier alpha value is -3.40. The number of carbonyl (C=O) groups is 2. The molecule has 1 unspecified atom stereocenters. The molecule has 1 amide bonds. The Kier molecular flexibility index (Phi) is 6.00. The van der Waals surface area contributed by atoms with E-state index in [0.717, 1.165) is 17.5 Å². The predicted molar refractivity (Wildman–Crippen MR) is 106 cm³/mol. The van der Waals surface area contributed by atoms with E-state index >= 15 is 0 Å². The summed E-state index contributed by atoms with van der Waals surface area (Å²) in [7, 11) is 0. The Bertz CT molecular complexity index is 877. The molecule has 0 saturated carbocycles. The fourth-order valence-corrected chi connectivity index (χ4v) is 2.77. The van der Waals surface area contributed by atoms with E-state index in [9.17, 15) is 9.59 Å². The first-order valence-electron chi connectivity index (χ1n) is 8.79. The lowest BCUT2D eigenvalue weighted by Crippen LogP contribution is -2.40. The normalized spacial score (nSPS) is 11.4. The lowest BCUT2D eigenvalue weighted by atomic mass is 10.1. The minimum atomic E-state index is -0.670. The van der Waals surface area contributed by atoms with E-state index in [1.807, 2.05) is 60.7 Å². The first-order valence-corrected chi connectivity index (χ1v) is 8.79. The lowest BCUT2D eigenvalue weighted by molar-refractivity contribution is -0.124. The number of amides is 1. The molecule has 0 aliphatic carbocycles. The van der Waals surface area contributed by atoms with Crippen LogP contribution in [0.4, 0.5) is 5.69 Å². The summed E-state index contributed by atoms with van der Waals surface area (Å²) in [6, 6.07) is 26.1. The zero-order valence-electron chi connectivity index (χ0n) is 15.1. The first-order chi connectivity index (χ1) is 13.2. The second kappa shape index (κ2) is 8.81. The number of aldehydes is 1. The second-order valence-electron chi connectivity index (χ2n) is 6.19. The van der Waals surface area contributed by atoms with Crippen molar-refractivity contribution in [2.24, 2.45) is 0 Å². The molecule has 4 nitrogen and oxygen atoms in total. The molecule has 0 heterocycles. The summed E-state index contributed by atoms with van der Waals surface area (Å²) in [6.45, 7) is 2.19. The maximum Gasteiger partial charge on any atom is 0.268 e. The van der Waals surface area contributed by atoms with Crippen LogP contribution in [0.15, 0.2) is 84.9 Å². The van der Waals surface area contributed by atoms with Gasteiger partial charge in [0.05, 0.1) is 6.54 Å². The maximum absolute atomic E-state index is 13.1. The summed E-state index contributed by atoms with van der Waals surface area (Å²) >= 11 is 0. The highest BCUT2D eigenvalue weighted by molar-refractivity contribution is 5.96. The van der Waals surface area contributed by atoms with Gasteiger partial charge in [0.15, 0.2) is 6.10 Å². The van der Waals surface area contributed by atoms with Crippen LogP contribution in [0, 0.1) is 0 Å². The molecule has 0 spiro atoms. The molecule has 136 valence electrons. The SMILES string of the molecule is CC(Oc1ccc(C=O)cc1)C(=O)N(Cc1ccccc1)c1ccccc1. The van der Waals surface area contributed by atoms with Gasteiger partial charge in [-0.2, -0.15) is 0 Å². The van der Waals surface area contributed by atoms with Gasteiger partial charge in [-0.05, 0) is 48.9 Å². The summed E-state index contributed by atoms with van der Waals surface area (Å²) in [4.78, 5) is 25.6. The number of carbonyl (C=O) groups excluding carboxylic acids is 2. The topological polar surface area (TPSA) is 46.6 Å². The van der Waals surface area contributed by atoms with Crippen molar-refractivity contribution >= 4 is 17.9 Å². The van der Waals surface area contributed by atoms with Crippen LogP contribution < -0.4 is 9.64 Å². The van der Waals surface area contributed by atoms with Gasteiger partial charge in [-0.1, -0.05) is 48.5 Å². The number of anilines is 1. The van der Waals surface area contributed by atoms with E-state index < -0.39 is 6.10 Å². The summed E-state index contributed by atoms with van der Waals surface area (Å²) in [5.74, 6) is 0.415. The average Bonchev–Trinajstić information content (AvgIpc) is 2.73. The number of hydrogen-bond acceptors (Lipinski definition) is 3. The lowest BCUT2D eigenvalue weighted by Gasteiger charge is -2.26. The zero-order valence-corrected chi connectivity index (χ0v) is 15.1. The minimum Gasteiger partial charge on any atom is -0.481 e. The molecule has 0 fully saturated rings. The fraction of sp³-hybridized carbons (Fsp3) is 0.130. The monoisotopic (exact) mass is 359 g/mol. The molecule has 4 heteroatoms. The van der Waals surface area contributed by atoms with Gasteiger partial charge in [0.2, 0.25) is 0 Å². The molecule has 0 bridgehead atoms. The van der Waals surface area contributed by atoms with Crippen LogP contribution in [0.1, 0.15) is 22.8 Å². The van der Waals surface area contributed by atoms with Gasteiger partial charge in [-0.15, -0.1) is 0 Å². The van der Waals surface area contributed by atoms with Crippen molar-refractivity contribution in [2.45, 2.75) is 19.6 Å². The van der Waals surface area contributed by atoms with Gasteiger partial charge in [-0.25, -0.2) is 0 Å².